The zero-order valence-corrected chi connectivity index (χ0v) is 20.3. The summed E-state index contributed by atoms with van der Waals surface area (Å²) < 4.78 is 29.8. The van der Waals surface area contributed by atoms with Crippen molar-refractivity contribution >= 4 is 44.6 Å². The van der Waals surface area contributed by atoms with Crippen LogP contribution < -0.4 is 10.2 Å². The number of para-hydroxylation sites is 1. The molecule has 3 N–H and O–H groups in total. The summed E-state index contributed by atoms with van der Waals surface area (Å²) in [7, 11) is -4.09. The Balaban J connectivity index is 1.80. The Morgan fingerprint density at radius 1 is 1.09 bits per heavy atom. The lowest BCUT2D eigenvalue weighted by molar-refractivity contribution is 0.0707. The summed E-state index contributed by atoms with van der Waals surface area (Å²) in [5.74, 6) is -0.817. The average Bonchev–Trinajstić information content (AvgIpc) is 3.27. The zero-order chi connectivity index (χ0) is 24.3. The van der Waals surface area contributed by atoms with E-state index < -0.39 is 15.9 Å². The minimum atomic E-state index is -4.09. The second-order valence-corrected chi connectivity index (χ2v) is 10.9. The molecule has 2 aromatic heterocycles. The Bertz CT molecular complexity index is 1440. The monoisotopic (exact) mass is 513 g/mol. The Labute approximate surface area is 206 Å². The highest BCUT2D eigenvalue weighted by molar-refractivity contribution is 7.94. The number of nitrogens with zero attached hydrogens (tertiary/aromatic N) is 1. The smallest absolute Gasteiger partial charge is 0.276 e. The van der Waals surface area contributed by atoms with Crippen molar-refractivity contribution in [3.8, 4) is 10.6 Å². The summed E-state index contributed by atoms with van der Waals surface area (Å²) in [6.45, 7) is 1.67. The van der Waals surface area contributed by atoms with Crippen LogP contribution in [0.15, 0.2) is 77.1 Å². The number of hydrogen-bond donors (Lipinski definition) is 3. The van der Waals surface area contributed by atoms with Crippen molar-refractivity contribution in [3.63, 3.8) is 0 Å². The summed E-state index contributed by atoms with van der Waals surface area (Å²) in [5.41, 5.74) is 4.33. The van der Waals surface area contributed by atoms with E-state index in [1.165, 1.54) is 6.07 Å². The molecule has 0 saturated heterocycles. The molecule has 0 fully saturated rings. The minimum absolute atomic E-state index is 0.00633. The number of thiophene rings is 1. The van der Waals surface area contributed by atoms with Crippen LogP contribution in [0.25, 0.3) is 10.6 Å². The number of aromatic nitrogens is 1. The molecule has 0 bridgehead atoms. The second kappa shape index (κ2) is 9.94. The van der Waals surface area contributed by atoms with Crippen molar-refractivity contribution in [1.82, 2.24) is 10.5 Å². The molecule has 0 spiro atoms. The topological polar surface area (TPSA) is 108 Å². The molecule has 0 aliphatic rings. The van der Waals surface area contributed by atoms with Gasteiger partial charge in [-0.2, -0.15) is 0 Å². The molecule has 10 heteroatoms. The maximum absolute atomic E-state index is 13.6. The van der Waals surface area contributed by atoms with Crippen LogP contribution in [-0.2, 0) is 16.4 Å². The van der Waals surface area contributed by atoms with Crippen LogP contribution in [0.2, 0.25) is 5.02 Å². The molecular formula is C24H20ClN3O4S2. The quantitative estimate of drug-likeness (QED) is 0.230. The number of benzene rings is 2. The molecule has 0 radical (unpaired) electrons. The number of carbonyl (C=O) groups is 1. The molecule has 1 amide bonds. The fourth-order valence-corrected chi connectivity index (χ4v) is 6.41. The average molecular weight is 514 g/mol. The van der Waals surface area contributed by atoms with Crippen molar-refractivity contribution in [2.75, 3.05) is 4.72 Å². The van der Waals surface area contributed by atoms with Gasteiger partial charge < -0.3 is 0 Å². The number of anilines is 1. The predicted octanol–water partition coefficient (Wildman–Crippen LogP) is 5.28. The van der Waals surface area contributed by atoms with Crippen LogP contribution in [0.1, 0.15) is 27.0 Å². The largest absolute Gasteiger partial charge is 0.288 e. The number of aryl methyl sites for hydroxylation is 1. The molecule has 0 aliphatic heterocycles. The third-order valence-corrected chi connectivity index (χ3v) is 8.47. The van der Waals surface area contributed by atoms with Gasteiger partial charge in [-0.3, -0.25) is 19.7 Å². The predicted molar refractivity (Wildman–Crippen MR) is 133 cm³/mol. The number of nitrogens with one attached hydrogen (secondary N) is 2. The van der Waals surface area contributed by atoms with Gasteiger partial charge in [0.2, 0.25) is 0 Å². The summed E-state index contributed by atoms with van der Waals surface area (Å²) in [5, 5.41) is 9.67. The van der Waals surface area contributed by atoms with Crippen LogP contribution in [0, 0.1) is 6.92 Å². The third-order valence-electron chi connectivity index (χ3n) is 5.09. The maximum Gasteiger partial charge on any atom is 0.276 e. The van der Waals surface area contributed by atoms with E-state index in [0.717, 1.165) is 16.9 Å². The van der Waals surface area contributed by atoms with E-state index in [0.29, 0.717) is 33.1 Å². The standard InChI is InChI=1S/C24H20ClN3O4S2/c1-15-5-4-6-19(23(29)27-30)22(15)28-34(31,32)24-17(13-16-8-10-18(25)11-9-16)14-21(33-24)20-7-2-3-12-26-20/h2-12,14,28,30H,13H2,1H3,(H,27,29). The van der Waals surface area contributed by atoms with Gasteiger partial charge in [0.25, 0.3) is 15.9 Å². The molecule has 2 heterocycles. The van der Waals surface area contributed by atoms with Crippen molar-refractivity contribution in [1.29, 1.82) is 0 Å². The number of carbonyl (C=O) groups excluding carboxylic acids is 1. The maximum atomic E-state index is 13.6. The van der Waals surface area contributed by atoms with Crippen molar-refractivity contribution in [2.24, 2.45) is 0 Å². The Morgan fingerprint density at radius 3 is 2.53 bits per heavy atom. The van der Waals surface area contributed by atoms with Gasteiger partial charge in [0.05, 0.1) is 21.8 Å². The fraction of sp³-hybridized carbons (Fsp3) is 0.0833. The molecule has 0 saturated carbocycles. The van der Waals surface area contributed by atoms with E-state index in [1.807, 2.05) is 30.3 Å². The van der Waals surface area contributed by atoms with Gasteiger partial charge in [-0.1, -0.05) is 41.9 Å². The van der Waals surface area contributed by atoms with Crippen LogP contribution >= 0.6 is 22.9 Å². The van der Waals surface area contributed by atoms with Crippen LogP contribution in [0.4, 0.5) is 5.69 Å². The highest BCUT2D eigenvalue weighted by Gasteiger charge is 2.26. The van der Waals surface area contributed by atoms with E-state index in [4.69, 9.17) is 16.8 Å². The molecule has 34 heavy (non-hydrogen) atoms. The number of hydroxylamine groups is 1. The second-order valence-electron chi connectivity index (χ2n) is 7.49. The molecule has 4 aromatic rings. The number of amides is 1. The fourth-order valence-electron chi connectivity index (χ4n) is 3.45. The zero-order valence-electron chi connectivity index (χ0n) is 17.9. The molecule has 0 atom stereocenters. The van der Waals surface area contributed by atoms with Gasteiger partial charge in [-0.25, -0.2) is 13.9 Å². The van der Waals surface area contributed by atoms with Crippen LogP contribution in [0.3, 0.4) is 0 Å². The van der Waals surface area contributed by atoms with Crippen LogP contribution in [0.5, 0.6) is 0 Å². The van der Waals surface area contributed by atoms with Gasteiger partial charge >= 0.3 is 0 Å². The Kier molecular flexibility index (Phi) is 6.99. The number of rotatable bonds is 7. The summed E-state index contributed by atoms with van der Waals surface area (Å²) >= 11 is 7.10. The molecule has 0 unspecified atom stereocenters. The lowest BCUT2D eigenvalue weighted by atomic mass is 10.1. The van der Waals surface area contributed by atoms with E-state index in [1.54, 1.807) is 48.9 Å². The first kappa shape index (κ1) is 23.9. The van der Waals surface area contributed by atoms with Gasteiger partial charge in [0.1, 0.15) is 4.21 Å². The molecule has 4 rings (SSSR count). The normalized spacial score (nSPS) is 11.3. The molecule has 0 aliphatic carbocycles. The van der Waals surface area contributed by atoms with E-state index in [2.05, 4.69) is 9.71 Å². The lowest BCUT2D eigenvalue weighted by Gasteiger charge is -2.14. The first-order chi connectivity index (χ1) is 16.3. The minimum Gasteiger partial charge on any atom is -0.288 e. The highest BCUT2D eigenvalue weighted by atomic mass is 35.5. The number of pyridine rings is 1. The van der Waals surface area contributed by atoms with Crippen molar-refractivity contribution in [2.45, 2.75) is 17.6 Å². The van der Waals surface area contributed by atoms with E-state index in [-0.39, 0.29) is 15.5 Å². The highest BCUT2D eigenvalue weighted by Crippen LogP contribution is 2.36. The first-order valence-corrected chi connectivity index (χ1v) is 12.8. The third kappa shape index (κ3) is 5.13. The molecule has 174 valence electrons. The first-order valence-electron chi connectivity index (χ1n) is 10.1. The van der Waals surface area contributed by atoms with Gasteiger partial charge in [0.15, 0.2) is 0 Å². The van der Waals surface area contributed by atoms with E-state index >= 15 is 0 Å². The van der Waals surface area contributed by atoms with Crippen molar-refractivity contribution < 1.29 is 18.4 Å². The number of halogens is 1. The van der Waals surface area contributed by atoms with Gasteiger partial charge in [-0.05, 0) is 66.4 Å². The van der Waals surface area contributed by atoms with Crippen molar-refractivity contribution in [3.05, 3.63) is 100 Å². The molecular weight excluding hydrogens is 494 g/mol. The van der Waals surface area contributed by atoms with Gasteiger partial charge in [-0.15, -0.1) is 11.3 Å². The van der Waals surface area contributed by atoms with Gasteiger partial charge in [0, 0.05) is 11.2 Å². The van der Waals surface area contributed by atoms with E-state index in [9.17, 15) is 13.2 Å². The summed E-state index contributed by atoms with van der Waals surface area (Å²) in [6.07, 6.45) is 2.00. The molecule has 2 aromatic carbocycles. The molecule has 7 nitrogen and oxygen atoms in total. The number of sulfonamides is 1. The van der Waals surface area contributed by atoms with Crippen LogP contribution in [-0.4, -0.2) is 24.5 Å². The number of hydrogen-bond acceptors (Lipinski definition) is 6. The SMILES string of the molecule is Cc1cccc(C(=O)NO)c1NS(=O)(=O)c1sc(-c2ccccn2)cc1Cc1ccc(Cl)cc1. The summed E-state index contributed by atoms with van der Waals surface area (Å²) in [6, 6.07) is 19.1. The Hall–Kier alpha value is -3.24. The lowest BCUT2D eigenvalue weighted by Crippen LogP contribution is -2.22. The summed E-state index contributed by atoms with van der Waals surface area (Å²) in [4.78, 5) is 17.2. The Morgan fingerprint density at radius 2 is 1.85 bits per heavy atom.